The van der Waals surface area contributed by atoms with Crippen LogP contribution in [-0.4, -0.2) is 46.7 Å². The Kier molecular flexibility index (Phi) is 5.24. The Labute approximate surface area is 151 Å². The summed E-state index contributed by atoms with van der Waals surface area (Å²) in [4.78, 5) is 14.8. The molecule has 130 valence electrons. The summed E-state index contributed by atoms with van der Waals surface area (Å²) in [5, 5.41) is 14.8. The van der Waals surface area contributed by atoms with Gasteiger partial charge in [0.1, 0.15) is 6.10 Å². The van der Waals surface area contributed by atoms with Crippen LogP contribution < -0.4 is 5.32 Å². The van der Waals surface area contributed by atoms with E-state index in [0.29, 0.717) is 25.3 Å². The summed E-state index contributed by atoms with van der Waals surface area (Å²) < 4.78 is 6.01. The quantitative estimate of drug-likeness (QED) is 0.852. The van der Waals surface area contributed by atoms with E-state index in [2.05, 4.69) is 27.0 Å². The number of H-pyrrole nitrogens is 1. The normalized spacial score (nSPS) is 23.5. The lowest BCUT2D eigenvalue weighted by Crippen LogP contribution is -2.46. The van der Waals surface area contributed by atoms with E-state index in [-0.39, 0.29) is 30.5 Å². The van der Waals surface area contributed by atoms with Crippen LogP contribution in [-0.2, 0) is 17.7 Å². The minimum Gasteiger partial charge on any atom is -0.367 e. The van der Waals surface area contributed by atoms with Crippen LogP contribution in [0.2, 0.25) is 0 Å². The van der Waals surface area contributed by atoms with Crippen LogP contribution in [0.5, 0.6) is 0 Å². The third kappa shape index (κ3) is 3.21. The van der Waals surface area contributed by atoms with Crippen molar-refractivity contribution in [1.82, 2.24) is 20.4 Å². The number of fused-ring (bicyclic) bond motifs is 1. The summed E-state index contributed by atoms with van der Waals surface area (Å²) in [6.45, 7) is 4.84. The molecule has 2 aromatic rings. The van der Waals surface area contributed by atoms with Gasteiger partial charge in [0.15, 0.2) is 5.69 Å². The minimum atomic E-state index is -0.0538. The van der Waals surface area contributed by atoms with Gasteiger partial charge in [0, 0.05) is 37.3 Å². The van der Waals surface area contributed by atoms with Crippen molar-refractivity contribution in [1.29, 1.82) is 0 Å². The highest BCUT2D eigenvalue weighted by Gasteiger charge is 2.33. The second kappa shape index (κ2) is 7.23. The van der Waals surface area contributed by atoms with Gasteiger partial charge in [-0.05, 0) is 29.3 Å². The summed E-state index contributed by atoms with van der Waals surface area (Å²) in [5.74, 6) is 0.00146. The van der Waals surface area contributed by atoms with Crippen molar-refractivity contribution in [2.24, 2.45) is 0 Å². The molecule has 2 N–H and O–H groups in total. The Bertz CT molecular complexity index is 703. The number of morpholine rings is 1. The number of hydrogen-bond acceptors (Lipinski definition) is 5. The lowest BCUT2D eigenvalue weighted by atomic mass is 10.1. The molecular formula is C16H21ClN4O2S. The molecule has 24 heavy (non-hydrogen) atoms. The molecule has 0 radical (unpaired) electrons. The molecular weight excluding hydrogens is 348 g/mol. The van der Waals surface area contributed by atoms with E-state index >= 15 is 0 Å². The zero-order chi connectivity index (χ0) is 15.8. The molecule has 4 rings (SSSR count). The molecule has 0 aliphatic carbocycles. The number of aromatic nitrogens is 2. The first-order valence-electron chi connectivity index (χ1n) is 7.96. The molecule has 1 saturated heterocycles. The highest BCUT2D eigenvalue weighted by molar-refractivity contribution is 7.07. The first-order valence-corrected chi connectivity index (χ1v) is 8.90. The van der Waals surface area contributed by atoms with Crippen molar-refractivity contribution >= 4 is 29.7 Å². The number of rotatable bonds is 2. The standard InChI is InChI=1S/C16H20N4O2S.ClH/c1-10-7-20(8-14(22-10)11-3-5-23-9-11)16(21)15-12-6-17-4-2-13(12)18-19-15;/h3,5,9-10,14,17H,2,4,6-8H2,1H3,(H,18,19);1H. The second-order valence-electron chi connectivity index (χ2n) is 6.16. The molecule has 2 unspecified atom stereocenters. The highest BCUT2D eigenvalue weighted by Crippen LogP contribution is 2.28. The number of ether oxygens (including phenoxy) is 1. The molecule has 0 saturated carbocycles. The van der Waals surface area contributed by atoms with Crippen LogP contribution in [0.4, 0.5) is 0 Å². The van der Waals surface area contributed by atoms with Gasteiger partial charge in [0.25, 0.3) is 5.91 Å². The van der Waals surface area contributed by atoms with Gasteiger partial charge in [-0.15, -0.1) is 12.4 Å². The van der Waals surface area contributed by atoms with Crippen molar-refractivity contribution in [2.75, 3.05) is 19.6 Å². The highest BCUT2D eigenvalue weighted by atomic mass is 35.5. The van der Waals surface area contributed by atoms with Gasteiger partial charge < -0.3 is 15.0 Å². The van der Waals surface area contributed by atoms with Crippen LogP contribution in [0.25, 0.3) is 0 Å². The molecule has 1 fully saturated rings. The van der Waals surface area contributed by atoms with Gasteiger partial charge in [0.2, 0.25) is 0 Å². The first kappa shape index (κ1) is 17.4. The van der Waals surface area contributed by atoms with Crippen molar-refractivity contribution in [3.05, 3.63) is 39.3 Å². The number of aromatic amines is 1. The second-order valence-corrected chi connectivity index (χ2v) is 6.94. The monoisotopic (exact) mass is 368 g/mol. The number of nitrogens with one attached hydrogen (secondary N) is 2. The lowest BCUT2D eigenvalue weighted by molar-refractivity contribution is -0.0691. The van der Waals surface area contributed by atoms with E-state index in [9.17, 15) is 4.79 Å². The fraction of sp³-hybridized carbons (Fsp3) is 0.500. The van der Waals surface area contributed by atoms with E-state index in [1.54, 1.807) is 11.3 Å². The summed E-state index contributed by atoms with van der Waals surface area (Å²) >= 11 is 1.65. The molecule has 2 aromatic heterocycles. The molecule has 0 aromatic carbocycles. The predicted octanol–water partition coefficient (Wildman–Crippen LogP) is 2.14. The Hall–Kier alpha value is -1.41. The van der Waals surface area contributed by atoms with Gasteiger partial charge in [-0.1, -0.05) is 0 Å². The molecule has 2 aliphatic heterocycles. The fourth-order valence-corrected chi connectivity index (χ4v) is 4.01. The number of thiophene rings is 1. The molecule has 0 spiro atoms. The average molecular weight is 369 g/mol. The first-order chi connectivity index (χ1) is 11.2. The zero-order valence-corrected chi connectivity index (χ0v) is 15.1. The van der Waals surface area contributed by atoms with Crippen LogP contribution in [0.1, 0.15) is 40.3 Å². The average Bonchev–Trinajstić information content (AvgIpc) is 3.23. The molecule has 1 amide bonds. The third-order valence-electron chi connectivity index (χ3n) is 4.47. The van der Waals surface area contributed by atoms with Gasteiger partial charge in [-0.3, -0.25) is 9.89 Å². The van der Waals surface area contributed by atoms with Crippen LogP contribution in [0.15, 0.2) is 16.8 Å². The summed E-state index contributed by atoms with van der Waals surface area (Å²) in [6.07, 6.45) is 0.861. The number of carbonyl (C=O) groups is 1. The third-order valence-corrected chi connectivity index (χ3v) is 5.17. The van der Waals surface area contributed by atoms with Crippen LogP contribution in [0, 0.1) is 0 Å². The largest absolute Gasteiger partial charge is 0.367 e. The topological polar surface area (TPSA) is 70.2 Å². The SMILES string of the molecule is CC1CN(C(=O)c2n[nH]c3c2CNCC3)CC(c2ccsc2)O1.Cl. The summed E-state index contributed by atoms with van der Waals surface area (Å²) in [6, 6.07) is 2.07. The number of amides is 1. The number of nitrogens with zero attached hydrogens (tertiary/aromatic N) is 2. The van der Waals surface area contributed by atoms with Crippen molar-refractivity contribution in [3.8, 4) is 0 Å². The number of carbonyl (C=O) groups excluding carboxylic acids is 1. The number of halogens is 1. The minimum absolute atomic E-state index is 0. The molecule has 6 nitrogen and oxygen atoms in total. The predicted molar refractivity (Wildman–Crippen MR) is 94.8 cm³/mol. The maximum Gasteiger partial charge on any atom is 0.274 e. The molecule has 0 bridgehead atoms. The molecule has 2 aliphatic rings. The Morgan fingerprint density at radius 1 is 1.46 bits per heavy atom. The van der Waals surface area contributed by atoms with E-state index in [1.165, 1.54) is 0 Å². The van der Waals surface area contributed by atoms with Crippen molar-refractivity contribution < 1.29 is 9.53 Å². The lowest BCUT2D eigenvalue weighted by Gasteiger charge is -2.36. The Morgan fingerprint density at radius 3 is 3.12 bits per heavy atom. The molecule has 4 heterocycles. The maximum atomic E-state index is 13.0. The summed E-state index contributed by atoms with van der Waals surface area (Å²) in [5.41, 5.74) is 3.81. The Morgan fingerprint density at radius 2 is 2.33 bits per heavy atom. The van der Waals surface area contributed by atoms with Gasteiger partial charge >= 0.3 is 0 Å². The van der Waals surface area contributed by atoms with Gasteiger partial charge in [0.05, 0.1) is 12.6 Å². The van der Waals surface area contributed by atoms with Gasteiger partial charge in [-0.2, -0.15) is 16.4 Å². The molecule has 8 heteroatoms. The zero-order valence-electron chi connectivity index (χ0n) is 13.4. The maximum absolute atomic E-state index is 13.0. The van der Waals surface area contributed by atoms with E-state index < -0.39 is 0 Å². The number of hydrogen-bond donors (Lipinski definition) is 2. The Balaban J connectivity index is 0.00000169. The smallest absolute Gasteiger partial charge is 0.274 e. The van der Waals surface area contributed by atoms with E-state index in [1.807, 2.05) is 17.2 Å². The van der Waals surface area contributed by atoms with Crippen LogP contribution >= 0.6 is 23.7 Å². The van der Waals surface area contributed by atoms with Crippen LogP contribution in [0.3, 0.4) is 0 Å². The van der Waals surface area contributed by atoms with Crippen molar-refractivity contribution in [2.45, 2.75) is 32.1 Å². The molecule has 2 atom stereocenters. The fourth-order valence-electron chi connectivity index (χ4n) is 3.31. The van der Waals surface area contributed by atoms with Gasteiger partial charge in [-0.25, -0.2) is 0 Å². The summed E-state index contributed by atoms with van der Waals surface area (Å²) in [7, 11) is 0. The van der Waals surface area contributed by atoms with Crippen molar-refractivity contribution in [3.63, 3.8) is 0 Å². The van der Waals surface area contributed by atoms with E-state index in [0.717, 1.165) is 29.8 Å². The van der Waals surface area contributed by atoms with E-state index in [4.69, 9.17) is 4.74 Å².